The zero-order valence-electron chi connectivity index (χ0n) is 13.9. The Labute approximate surface area is 145 Å². The number of hydrogen-bond donors (Lipinski definition) is 1. The molecule has 0 bridgehead atoms. The van der Waals surface area contributed by atoms with Crippen molar-refractivity contribution in [1.82, 2.24) is 0 Å². The topological polar surface area (TPSA) is 0 Å². The summed E-state index contributed by atoms with van der Waals surface area (Å²) in [5.74, 6) is 1.28. The molecule has 0 aromatic heterocycles. The van der Waals surface area contributed by atoms with Crippen LogP contribution in [-0.2, 0) is 12.8 Å². The van der Waals surface area contributed by atoms with Crippen LogP contribution in [0.2, 0.25) is 0 Å². The van der Waals surface area contributed by atoms with E-state index >= 15 is 0 Å². The fourth-order valence-corrected chi connectivity index (χ4v) is 3.43. The summed E-state index contributed by atoms with van der Waals surface area (Å²) in [6.07, 6.45) is 2.20. The maximum absolute atomic E-state index is 4.62. The summed E-state index contributed by atoms with van der Waals surface area (Å²) in [5, 5.41) is 2.65. The van der Waals surface area contributed by atoms with Crippen molar-refractivity contribution in [2.45, 2.75) is 31.6 Å². The predicted molar refractivity (Wildman–Crippen MR) is 103 cm³/mol. The third-order valence-corrected chi connectivity index (χ3v) is 5.16. The van der Waals surface area contributed by atoms with Crippen LogP contribution >= 0.6 is 12.6 Å². The van der Waals surface area contributed by atoms with Crippen LogP contribution in [0.25, 0.3) is 10.8 Å². The monoisotopic (exact) mass is 320 g/mol. The summed E-state index contributed by atoms with van der Waals surface area (Å²) in [6, 6.07) is 23.9. The predicted octanol–water partition coefficient (Wildman–Crippen LogP) is 6.19. The lowest BCUT2D eigenvalue weighted by Gasteiger charge is -2.22. The van der Waals surface area contributed by atoms with E-state index in [0.717, 1.165) is 17.7 Å². The molecule has 3 aromatic carbocycles. The summed E-state index contributed by atoms with van der Waals surface area (Å²) in [6.45, 7) is 4.65. The Morgan fingerprint density at radius 2 is 1.48 bits per heavy atom. The second kappa shape index (κ2) is 7.23. The number of benzene rings is 3. The van der Waals surface area contributed by atoms with Gasteiger partial charge in [0.2, 0.25) is 0 Å². The number of thiol groups is 1. The zero-order chi connectivity index (χ0) is 16.2. The average Bonchev–Trinajstić information content (AvgIpc) is 2.56. The number of rotatable bonds is 5. The highest BCUT2D eigenvalue weighted by atomic mass is 32.1. The van der Waals surface area contributed by atoms with Gasteiger partial charge in [0, 0.05) is 4.90 Å². The number of hydrogen-bond acceptors (Lipinski definition) is 1. The molecule has 0 amide bonds. The van der Waals surface area contributed by atoms with Gasteiger partial charge in [-0.15, -0.1) is 12.6 Å². The second-order valence-electron chi connectivity index (χ2n) is 6.72. The molecule has 23 heavy (non-hydrogen) atoms. The second-order valence-corrected chi connectivity index (χ2v) is 7.20. The van der Waals surface area contributed by atoms with E-state index in [1.54, 1.807) is 0 Å². The normalized spacial score (nSPS) is 12.7. The van der Waals surface area contributed by atoms with Gasteiger partial charge in [0.25, 0.3) is 0 Å². The van der Waals surface area contributed by atoms with Gasteiger partial charge in [0.1, 0.15) is 0 Å². The van der Waals surface area contributed by atoms with E-state index in [2.05, 4.69) is 93.2 Å². The summed E-state index contributed by atoms with van der Waals surface area (Å²) < 4.78 is 0. The molecular weight excluding hydrogens is 296 g/mol. The van der Waals surface area contributed by atoms with Crippen molar-refractivity contribution in [3.63, 3.8) is 0 Å². The van der Waals surface area contributed by atoms with E-state index in [1.807, 2.05) is 0 Å². The molecular formula is C22H24S. The Hall–Kier alpha value is -1.73. The highest BCUT2D eigenvalue weighted by Gasteiger charge is 2.16. The van der Waals surface area contributed by atoms with E-state index in [9.17, 15) is 0 Å². The maximum Gasteiger partial charge on any atom is 0.00721 e. The van der Waals surface area contributed by atoms with Gasteiger partial charge in [0.05, 0.1) is 0 Å². The highest BCUT2D eigenvalue weighted by Crippen LogP contribution is 2.26. The van der Waals surface area contributed by atoms with Crippen LogP contribution < -0.4 is 0 Å². The van der Waals surface area contributed by atoms with Crippen LogP contribution in [-0.4, -0.2) is 0 Å². The van der Waals surface area contributed by atoms with E-state index in [4.69, 9.17) is 0 Å². The minimum absolute atomic E-state index is 0.629. The Bertz CT molecular complexity index is 789. The minimum Gasteiger partial charge on any atom is -0.143 e. The molecule has 3 aromatic rings. The van der Waals surface area contributed by atoms with Crippen molar-refractivity contribution in [3.8, 4) is 0 Å². The molecule has 0 aliphatic carbocycles. The molecule has 1 atom stereocenters. The average molecular weight is 321 g/mol. The van der Waals surface area contributed by atoms with Gasteiger partial charge < -0.3 is 0 Å². The third-order valence-electron chi connectivity index (χ3n) is 4.73. The van der Waals surface area contributed by atoms with E-state index in [1.165, 1.54) is 21.9 Å². The molecule has 3 rings (SSSR count). The molecule has 0 N–H and O–H groups in total. The molecule has 1 heteroatoms. The van der Waals surface area contributed by atoms with Crippen LogP contribution in [0.5, 0.6) is 0 Å². The lowest BCUT2D eigenvalue weighted by molar-refractivity contribution is 0.378. The highest BCUT2D eigenvalue weighted by molar-refractivity contribution is 7.80. The molecule has 0 fully saturated rings. The molecule has 1 unspecified atom stereocenters. The smallest absolute Gasteiger partial charge is 0.00721 e. The van der Waals surface area contributed by atoms with Gasteiger partial charge in [-0.05, 0) is 52.6 Å². The van der Waals surface area contributed by atoms with Crippen molar-refractivity contribution in [1.29, 1.82) is 0 Å². The molecule has 0 aliphatic heterocycles. The first kappa shape index (κ1) is 16.1. The summed E-state index contributed by atoms with van der Waals surface area (Å²) >= 11 is 4.62. The molecule has 0 nitrogen and oxygen atoms in total. The van der Waals surface area contributed by atoms with Crippen LogP contribution in [0.3, 0.4) is 0 Å². The van der Waals surface area contributed by atoms with Crippen molar-refractivity contribution in [2.75, 3.05) is 0 Å². The lowest BCUT2D eigenvalue weighted by atomic mass is 9.84. The minimum atomic E-state index is 0.629. The summed E-state index contributed by atoms with van der Waals surface area (Å²) in [5.41, 5.74) is 2.79. The Balaban J connectivity index is 1.82. The quantitative estimate of drug-likeness (QED) is 0.533. The molecule has 0 saturated carbocycles. The number of fused-ring (bicyclic) bond motifs is 1. The Morgan fingerprint density at radius 3 is 2.22 bits per heavy atom. The van der Waals surface area contributed by atoms with Crippen LogP contribution in [0, 0.1) is 11.8 Å². The SMILES string of the molecule is CC(C)C(Cc1ccc2ccccc2c1)Cc1ccccc1S. The first-order valence-corrected chi connectivity index (χ1v) is 8.83. The summed E-state index contributed by atoms with van der Waals surface area (Å²) in [4.78, 5) is 1.11. The Morgan fingerprint density at radius 1 is 0.783 bits per heavy atom. The van der Waals surface area contributed by atoms with Gasteiger partial charge in [-0.25, -0.2) is 0 Å². The molecule has 0 saturated heterocycles. The van der Waals surface area contributed by atoms with Crippen molar-refractivity contribution < 1.29 is 0 Å². The lowest BCUT2D eigenvalue weighted by Crippen LogP contribution is -2.15. The largest absolute Gasteiger partial charge is 0.143 e. The molecule has 0 radical (unpaired) electrons. The molecule has 0 heterocycles. The van der Waals surface area contributed by atoms with E-state index < -0.39 is 0 Å². The van der Waals surface area contributed by atoms with Crippen LogP contribution in [0.1, 0.15) is 25.0 Å². The van der Waals surface area contributed by atoms with E-state index in [-0.39, 0.29) is 0 Å². The fourth-order valence-electron chi connectivity index (χ4n) is 3.18. The van der Waals surface area contributed by atoms with Crippen molar-refractivity contribution in [2.24, 2.45) is 11.8 Å². The summed E-state index contributed by atoms with van der Waals surface area (Å²) in [7, 11) is 0. The van der Waals surface area contributed by atoms with E-state index in [0.29, 0.717) is 11.8 Å². The third kappa shape index (κ3) is 3.97. The van der Waals surface area contributed by atoms with Crippen LogP contribution in [0.15, 0.2) is 71.6 Å². The van der Waals surface area contributed by atoms with Gasteiger partial charge in [0.15, 0.2) is 0 Å². The maximum atomic E-state index is 4.62. The first-order valence-electron chi connectivity index (χ1n) is 8.38. The zero-order valence-corrected chi connectivity index (χ0v) is 14.8. The van der Waals surface area contributed by atoms with Gasteiger partial charge in [-0.3, -0.25) is 0 Å². The Kier molecular flexibility index (Phi) is 5.07. The molecule has 0 aliphatic rings. The van der Waals surface area contributed by atoms with Gasteiger partial charge >= 0.3 is 0 Å². The standard InChI is InChI=1S/C22H24S/c1-16(2)21(15-20-9-5-6-10-22(20)23)14-17-11-12-18-7-3-4-8-19(18)13-17/h3-13,16,21,23H,14-15H2,1-2H3. The molecule has 0 spiro atoms. The van der Waals surface area contributed by atoms with Crippen molar-refractivity contribution in [3.05, 3.63) is 77.9 Å². The van der Waals surface area contributed by atoms with Gasteiger partial charge in [-0.2, -0.15) is 0 Å². The van der Waals surface area contributed by atoms with Crippen molar-refractivity contribution >= 4 is 23.4 Å². The first-order chi connectivity index (χ1) is 11.1. The fraction of sp³-hybridized carbons (Fsp3) is 0.273. The molecule has 118 valence electrons. The van der Waals surface area contributed by atoms with Crippen LogP contribution in [0.4, 0.5) is 0 Å². The van der Waals surface area contributed by atoms with Gasteiger partial charge in [-0.1, -0.05) is 74.5 Å².